The summed E-state index contributed by atoms with van der Waals surface area (Å²) in [7, 11) is 1.58. The molecule has 0 radical (unpaired) electrons. The van der Waals surface area contributed by atoms with E-state index < -0.39 is 0 Å². The predicted octanol–water partition coefficient (Wildman–Crippen LogP) is 2.87. The van der Waals surface area contributed by atoms with Gasteiger partial charge in [-0.2, -0.15) is 0 Å². The average Bonchev–Trinajstić information content (AvgIpc) is 2.15. The van der Waals surface area contributed by atoms with Crippen molar-refractivity contribution in [1.29, 1.82) is 0 Å². The predicted molar refractivity (Wildman–Crippen MR) is 68.3 cm³/mol. The average molecular weight is 246 g/mol. The molecule has 0 heterocycles. The van der Waals surface area contributed by atoms with Crippen LogP contribution < -0.4 is 10.5 Å². The monoisotopic (exact) mass is 245 g/mol. The smallest absolute Gasteiger partial charge is 0.127 e. The number of rotatable bonds is 2. The fourth-order valence-electron chi connectivity index (χ4n) is 1.46. The summed E-state index contributed by atoms with van der Waals surface area (Å²) in [6.07, 6.45) is 0. The largest absolute Gasteiger partial charge is 0.507 e. The summed E-state index contributed by atoms with van der Waals surface area (Å²) in [5.74, 6) is 0.828. The van der Waals surface area contributed by atoms with E-state index >= 15 is 0 Å². The zero-order valence-corrected chi connectivity index (χ0v) is 11.0. The Morgan fingerprint density at radius 3 is 2.31 bits per heavy atom. The second kappa shape index (κ2) is 5.41. The Balaban J connectivity index is 0.00000225. The van der Waals surface area contributed by atoms with Gasteiger partial charge in [-0.15, -0.1) is 12.4 Å². The lowest BCUT2D eigenvalue weighted by Gasteiger charge is -2.29. The van der Waals surface area contributed by atoms with E-state index in [0.717, 1.165) is 0 Å². The molecule has 0 aromatic heterocycles. The Morgan fingerprint density at radius 1 is 1.31 bits per heavy atom. The molecule has 0 saturated heterocycles. The minimum Gasteiger partial charge on any atom is -0.507 e. The maximum absolute atomic E-state index is 9.80. The van der Waals surface area contributed by atoms with Crippen LogP contribution in [-0.4, -0.2) is 12.2 Å². The van der Waals surface area contributed by atoms with Crippen LogP contribution in [0.4, 0.5) is 0 Å². The number of halogens is 1. The summed E-state index contributed by atoms with van der Waals surface area (Å²) in [6, 6.07) is 4.92. The number of ether oxygens (including phenoxy) is 1. The van der Waals surface area contributed by atoms with Crippen LogP contribution in [0.3, 0.4) is 0 Å². The molecular formula is C12H20ClNO2. The van der Waals surface area contributed by atoms with Crippen LogP contribution in [0.25, 0.3) is 0 Å². The van der Waals surface area contributed by atoms with Crippen LogP contribution in [0.5, 0.6) is 11.5 Å². The SMILES string of the molecule is COc1cccc(O)c1[C@@H](N)C(C)(C)C.Cl. The van der Waals surface area contributed by atoms with Gasteiger partial charge < -0.3 is 15.6 Å². The van der Waals surface area contributed by atoms with Crippen molar-refractivity contribution in [3.63, 3.8) is 0 Å². The third kappa shape index (κ3) is 3.03. The van der Waals surface area contributed by atoms with Gasteiger partial charge in [0.1, 0.15) is 11.5 Å². The molecule has 3 N–H and O–H groups in total. The molecular weight excluding hydrogens is 226 g/mol. The van der Waals surface area contributed by atoms with Crippen molar-refractivity contribution in [3.05, 3.63) is 23.8 Å². The molecule has 0 fully saturated rings. The zero-order valence-electron chi connectivity index (χ0n) is 10.2. The van der Waals surface area contributed by atoms with Gasteiger partial charge in [-0.05, 0) is 17.5 Å². The van der Waals surface area contributed by atoms with Crippen molar-refractivity contribution < 1.29 is 9.84 Å². The molecule has 1 rings (SSSR count). The van der Waals surface area contributed by atoms with Gasteiger partial charge in [0, 0.05) is 6.04 Å². The first-order valence-electron chi connectivity index (χ1n) is 4.99. The van der Waals surface area contributed by atoms with Crippen molar-refractivity contribution in [2.24, 2.45) is 11.1 Å². The Kier molecular flexibility index (Phi) is 5.10. The zero-order chi connectivity index (χ0) is 11.6. The summed E-state index contributed by atoms with van der Waals surface area (Å²) in [5.41, 5.74) is 6.66. The highest BCUT2D eigenvalue weighted by atomic mass is 35.5. The first kappa shape index (κ1) is 15.1. The minimum absolute atomic E-state index is 0. The van der Waals surface area contributed by atoms with E-state index in [9.17, 15) is 5.11 Å². The highest BCUT2D eigenvalue weighted by Crippen LogP contribution is 2.40. The van der Waals surface area contributed by atoms with Crippen LogP contribution >= 0.6 is 12.4 Å². The van der Waals surface area contributed by atoms with Crippen LogP contribution in [0.2, 0.25) is 0 Å². The molecule has 0 aliphatic heterocycles. The molecule has 1 aromatic rings. The number of nitrogens with two attached hydrogens (primary N) is 1. The van der Waals surface area contributed by atoms with E-state index in [2.05, 4.69) is 0 Å². The lowest BCUT2D eigenvalue weighted by molar-refractivity contribution is 0.304. The second-order valence-corrected chi connectivity index (χ2v) is 4.74. The number of hydrogen-bond donors (Lipinski definition) is 2. The molecule has 0 amide bonds. The summed E-state index contributed by atoms with van der Waals surface area (Å²) in [4.78, 5) is 0. The maximum atomic E-state index is 9.80. The molecule has 92 valence electrons. The molecule has 4 heteroatoms. The molecule has 1 atom stereocenters. The lowest BCUT2D eigenvalue weighted by atomic mass is 9.82. The van der Waals surface area contributed by atoms with Gasteiger partial charge in [0.25, 0.3) is 0 Å². The normalized spacial score (nSPS) is 12.8. The van der Waals surface area contributed by atoms with Crippen LogP contribution in [0.15, 0.2) is 18.2 Å². The molecule has 0 saturated carbocycles. The van der Waals surface area contributed by atoms with Gasteiger partial charge in [-0.1, -0.05) is 26.8 Å². The number of methoxy groups -OCH3 is 1. The third-order valence-corrected chi connectivity index (χ3v) is 2.51. The molecule has 0 bridgehead atoms. The lowest BCUT2D eigenvalue weighted by Crippen LogP contribution is -2.26. The topological polar surface area (TPSA) is 55.5 Å². The van der Waals surface area contributed by atoms with E-state index in [4.69, 9.17) is 10.5 Å². The van der Waals surface area contributed by atoms with Gasteiger partial charge in [-0.3, -0.25) is 0 Å². The van der Waals surface area contributed by atoms with Crippen LogP contribution in [-0.2, 0) is 0 Å². The molecule has 3 nitrogen and oxygen atoms in total. The van der Waals surface area contributed by atoms with E-state index in [0.29, 0.717) is 11.3 Å². The van der Waals surface area contributed by atoms with Gasteiger partial charge >= 0.3 is 0 Å². The standard InChI is InChI=1S/C12H19NO2.ClH/c1-12(2,3)11(13)10-8(14)6-5-7-9(10)15-4;/h5-7,11,14H,13H2,1-4H3;1H/t11-;/m1./s1. The first-order valence-corrected chi connectivity index (χ1v) is 4.99. The fraction of sp³-hybridized carbons (Fsp3) is 0.500. The minimum atomic E-state index is -0.256. The Morgan fingerprint density at radius 2 is 1.88 bits per heavy atom. The summed E-state index contributed by atoms with van der Waals surface area (Å²) >= 11 is 0. The Hall–Kier alpha value is -0.930. The van der Waals surface area contributed by atoms with Crippen LogP contribution in [0, 0.1) is 5.41 Å². The highest BCUT2D eigenvalue weighted by Gasteiger charge is 2.27. The van der Waals surface area contributed by atoms with E-state index in [1.54, 1.807) is 25.3 Å². The summed E-state index contributed by atoms with van der Waals surface area (Å²) < 4.78 is 5.20. The summed E-state index contributed by atoms with van der Waals surface area (Å²) in [5, 5.41) is 9.80. The number of benzene rings is 1. The second-order valence-electron chi connectivity index (χ2n) is 4.74. The van der Waals surface area contributed by atoms with E-state index in [-0.39, 0.29) is 29.6 Å². The van der Waals surface area contributed by atoms with Gasteiger partial charge in [-0.25, -0.2) is 0 Å². The van der Waals surface area contributed by atoms with Crippen molar-refractivity contribution in [2.45, 2.75) is 26.8 Å². The molecule has 16 heavy (non-hydrogen) atoms. The van der Waals surface area contributed by atoms with Gasteiger partial charge in [0.15, 0.2) is 0 Å². The molecule has 0 aliphatic carbocycles. The van der Waals surface area contributed by atoms with Gasteiger partial charge in [0.05, 0.1) is 12.7 Å². The third-order valence-electron chi connectivity index (χ3n) is 2.51. The first-order chi connectivity index (χ1) is 6.88. The van der Waals surface area contributed by atoms with Crippen molar-refractivity contribution in [3.8, 4) is 11.5 Å². The fourth-order valence-corrected chi connectivity index (χ4v) is 1.46. The Bertz CT molecular complexity index is 347. The quantitative estimate of drug-likeness (QED) is 0.843. The molecule has 0 spiro atoms. The van der Waals surface area contributed by atoms with Crippen molar-refractivity contribution in [1.82, 2.24) is 0 Å². The van der Waals surface area contributed by atoms with E-state index in [1.165, 1.54) is 0 Å². The van der Waals surface area contributed by atoms with E-state index in [1.807, 2.05) is 20.8 Å². The maximum Gasteiger partial charge on any atom is 0.127 e. The van der Waals surface area contributed by atoms with Gasteiger partial charge in [0.2, 0.25) is 0 Å². The molecule has 0 unspecified atom stereocenters. The molecule has 1 aromatic carbocycles. The van der Waals surface area contributed by atoms with Crippen molar-refractivity contribution in [2.75, 3.05) is 7.11 Å². The van der Waals surface area contributed by atoms with Crippen molar-refractivity contribution >= 4 is 12.4 Å². The summed E-state index contributed by atoms with van der Waals surface area (Å²) in [6.45, 7) is 6.09. The Labute approximate surface area is 103 Å². The van der Waals surface area contributed by atoms with Crippen LogP contribution in [0.1, 0.15) is 32.4 Å². The number of phenols is 1. The number of hydrogen-bond acceptors (Lipinski definition) is 3. The molecule has 0 aliphatic rings. The highest BCUT2D eigenvalue weighted by molar-refractivity contribution is 5.85. The number of aromatic hydroxyl groups is 1. The number of phenolic OH excluding ortho intramolecular Hbond substituents is 1.